The summed E-state index contributed by atoms with van der Waals surface area (Å²) in [4.78, 5) is 11.8. The maximum Gasteiger partial charge on any atom is 0.321 e. The predicted octanol–water partition coefficient (Wildman–Crippen LogP) is 11.2. The number of rotatable bonds is 26. The number of carbonyl (C=O) groups is 1. The van der Waals surface area contributed by atoms with Crippen LogP contribution < -0.4 is 0 Å². The molecule has 1 saturated heterocycles. The highest BCUT2D eigenvalue weighted by molar-refractivity contribution is 5.82. The smallest absolute Gasteiger partial charge is 0.321 e. The van der Waals surface area contributed by atoms with Crippen molar-refractivity contribution in [3.8, 4) is 0 Å². The van der Waals surface area contributed by atoms with Gasteiger partial charge in [-0.3, -0.25) is 4.79 Å². The number of allylic oxidation sites excluding steroid dienone is 1. The van der Waals surface area contributed by atoms with Gasteiger partial charge in [0.05, 0.1) is 0 Å². The lowest BCUT2D eigenvalue weighted by Gasteiger charge is -2.28. The zero-order valence-electron chi connectivity index (χ0n) is 23.4. The van der Waals surface area contributed by atoms with Gasteiger partial charge in [-0.15, -0.1) is 0 Å². The lowest BCUT2D eigenvalue weighted by atomic mass is 9.93. The van der Waals surface area contributed by atoms with Crippen molar-refractivity contribution in [3.05, 3.63) is 11.8 Å². The summed E-state index contributed by atoms with van der Waals surface area (Å²) in [7, 11) is 0. The minimum absolute atomic E-state index is 0.0176. The zero-order valence-corrected chi connectivity index (χ0v) is 23.4. The Hall–Kier alpha value is -0.790. The quantitative estimate of drug-likeness (QED) is 0.0916. The second kappa shape index (κ2) is 23.9. The van der Waals surface area contributed by atoms with Crippen molar-refractivity contribution in [2.24, 2.45) is 5.92 Å². The number of esters is 1. The second-order valence-electron chi connectivity index (χ2n) is 10.9. The van der Waals surface area contributed by atoms with Gasteiger partial charge >= 0.3 is 5.97 Å². The van der Waals surface area contributed by atoms with Crippen molar-refractivity contribution in [2.45, 2.75) is 181 Å². The van der Waals surface area contributed by atoms with Crippen LogP contribution in [0.1, 0.15) is 181 Å². The van der Waals surface area contributed by atoms with E-state index in [4.69, 9.17) is 4.74 Å². The molecule has 0 radical (unpaired) electrons. The van der Waals surface area contributed by atoms with E-state index in [-0.39, 0.29) is 11.9 Å². The first-order valence-corrected chi connectivity index (χ1v) is 15.7. The molecule has 1 atom stereocenters. The van der Waals surface area contributed by atoms with Gasteiger partial charge in [0.1, 0.15) is 11.7 Å². The summed E-state index contributed by atoms with van der Waals surface area (Å²) in [5.74, 6) is 1.08. The monoisotopic (exact) mass is 476 g/mol. The molecule has 1 aliphatic rings. The van der Waals surface area contributed by atoms with Gasteiger partial charge in [0, 0.05) is 0 Å². The largest absolute Gasteiger partial charge is 0.430 e. The lowest BCUT2D eigenvalue weighted by Crippen LogP contribution is -2.32. The van der Waals surface area contributed by atoms with Crippen molar-refractivity contribution in [3.63, 3.8) is 0 Å². The first kappa shape index (κ1) is 31.2. The number of hydrogen-bond donors (Lipinski definition) is 0. The third kappa shape index (κ3) is 17.6. The van der Waals surface area contributed by atoms with E-state index in [0.29, 0.717) is 0 Å². The maximum atomic E-state index is 11.8. The molecule has 2 heteroatoms. The third-order valence-corrected chi connectivity index (χ3v) is 7.60. The Morgan fingerprint density at radius 2 is 0.882 bits per heavy atom. The van der Waals surface area contributed by atoms with Crippen LogP contribution in [0.4, 0.5) is 0 Å². The molecule has 0 saturated carbocycles. The molecule has 1 heterocycles. The molecule has 0 aliphatic carbocycles. The van der Waals surface area contributed by atoms with E-state index in [1.807, 2.05) is 0 Å². The Labute approximate surface area is 214 Å². The molecular formula is C32H60O2. The molecule has 0 N–H and O–H groups in total. The molecule has 0 aromatic heterocycles. The molecule has 1 unspecified atom stereocenters. The van der Waals surface area contributed by atoms with Gasteiger partial charge in [0.2, 0.25) is 0 Å². The number of cyclic esters (lactones) is 1. The van der Waals surface area contributed by atoms with Crippen LogP contribution in [0.2, 0.25) is 0 Å². The molecule has 0 aromatic carbocycles. The Balaban J connectivity index is 1.88. The molecule has 0 spiro atoms. The molecule has 1 rings (SSSR count). The van der Waals surface area contributed by atoms with E-state index >= 15 is 0 Å². The molecule has 1 aliphatic heterocycles. The van der Waals surface area contributed by atoms with E-state index in [1.54, 1.807) is 0 Å². The molecule has 1 fully saturated rings. The van der Waals surface area contributed by atoms with Crippen LogP contribution in [0, 0.1) is 5.92 Å². The first-order valence-electron chi connectivity index (χ1n) is 15.7. The molecule has 0 aromatic rings. The fourth-order valence-electron chi connectivity index (χ4n) is 5.18. The standard InChI is InChI=1S/C32H60O2/c1-3-5-7-9-11-13-15-17-19-21-23-25-27-29-31-30(32(33)34-31)28-26-24-22-20-18-16-14-12-10-8-6-4-2/h29-30H,3-28H2,1-2H3. The van der Waals surface area contributed by atoms with E-state index in [1.165, 1.54) is 154 Å². The summed E-state index contributed by atoms with van der Waals surface area (Å²) in [6, 6.07) is 0. The molecule has 200 valence electrons. The van der Waals surface area contributed by atoms with Crippen LogP contribution in [-0.2, 0) is 9.53 Å². The summed E-state index contributed by atoms with van der Waals surface area (Å²) in [5.41, 5.74) is 0. The van der Waals surface area contributed by atoms with Crippen LogP contribution in [0.15, 0.2) is 11.8 Å². The fraction of sp³-hybridized carbons (Fsp3) is 0.906. The zero-order chi connectivity index (χ0) is 24.5. The SMILES string of the molecule is CCCCCCCCCCCCCCC=C1OC(=O)C1CCCCCCCCCCCCCC. The number of unbranched alkanes of at least 4 members (excludes halogenated alkanes) is 23. The molecular weight excluding hydrogens is 416 g/mol. The van der Waals surface area contributed by atoms with Gasteiger partial charge in [-0.1, -0.05) is 162 Å². The van der Waals surface area contributed by atoms with Gasteiger partial charge in [-0.25, -0.2) is 0 Å². The van der Waals surface area contributed by atoms with Gasteiger partial charge in [0.25, 0.3) is 0 Å². The maximum absolute atomic E-state index is 11.8. The summed E-state index contributed by atoms with van der Waals surface area (Å²) in [6.07, 6.45) is 37.3. The average molecular weight is 477 g/mol. The Morgan fingerprint density at radius 3 is 1.26 bits per heavy atom. The minimum atomic E-state index is 0.0176. The predicted molar refractivity (Wildman–Crippen MR) is 149 cm³/mol. The molecule has 2 nitrogen and oxygen atoms in total. The highest BCUT2D eigenvalue weighted by atomic mass is 16.6. The topological polar surface area (TPSA) is 26.3 Å². The van der Waals surface area contributed by atoms with Gasteiger partial charge in [-0.05, 0) is 25.3 Å². The Morgan fingerprint density at radius 1 is 0.529 bits per heavy atom. The summed E-state index contributed by atoms with van der Waals surface area (Å²) in [5, 5.41) is 0. The molecule has 34 heavy (non-hydrogen) atoms. The van der Waals surface area contributed by atoms with Crippen LogP contribution in [0.5, 0.6) is 0 Å². The number of carbonyl (C=O) groups excluding carboxylic acids is 1. The summed E-state index contributed by atoms with van der Waals surface area (Å²) >= 11 is 0. The second-order valence-corrected chi connectivity index (χ2v) is 10.9. The van der Waals surface area contributed by atoms with Gasteiger partial charge in [0.15, 0.2) is 0 Å². The highest BCUT2D eigenvalue weighted by Gasteiger charge is 2.36. The van der Waals surface area contributed by atoms with E-state index in [9.17, 15) is 4.79 Å². The van der Waals surface area contributed by atoms with Crippen molar-refractivity contribution in [1.29, 1.82) is 0 Å². The van der Waals surface area contributed by atoms with E-state index < -0.39 is 0 Å². The van der Waals surface area contributed by atoms with Crippen LogP contribution >= 0.6 is 0 Å². The summed E-state index contributed by atoms with van der Waals surface area (Å²) < 4.78 is 5.34. The van der Waals surface area contributed by atoms with Crippen molar-refractivity contribution < 1.29 is 9.53 Å². The van der Waals surface area contributed by atoms with Crippen LogP contribution in [0.25, 0.3) is 0 Å². The normalized spacial score (nSPS) is 16.7. The third-order valence-electron chi connectivity index (χ3n) is 7.60. The van der Waals surface area contributed by atoms with Crippen LogP contribution in [-0.4, -0.2) is 5.97 Å². The van der Waals surface area contributed by atoms with Crippen LogP contribution in [0.3, 0.4) is 0 Å². The lowest BCUT2D eigenvalue weighted by molar-refractivity contribution is -0.157. The van der Waals surface area contributed by atoms with Crippen molar-refractivity contribution in [1.82, 2.24) is 0 Å². The molecule has 0 amide bonds. The van der Waals surface area contributed by atoms with Gasteiger partial charge < -0.3 is 4.74 Å². The average Bonchev–Trinajstić information content (AvgIpc) is 2.84. The van der Waals surface area contributed by atoms with E-state index in [0.717, 1.165) is 18.6 Å². The molecule has 0 bridgehead atoms. The van der Waals surface area contributed by atoms with Crippen molar-refractivity contribution in [2.75, 3.05) is 0 Å². The summed E-state index contributed by atoms with van der Waals surface area (Å²) in [6.45, 7) is 4.57. The Bertz CT molecular complexity index is 481. The number of ether oxygens (including phenoxy) is 1. The first-order chi connectivity index (χ1) is 16.8. The Kier molecular flexibility index (Phi) is 22.0. The van der Waals surface area contributed by atoms with Gasteiger partial charge in [-0.2, -0.15) is 0 Å². The number of hydrogen-bond acceptors (Lipinski definition) is 2. The van der Waals surface area contributed by atoms with Crippen molar-refractivity contribution >= 4 is 5.97 Å². The van der Waals surface area contributed by atoms with E-state index in [2.05, 4.69) is 19.9 Å². The highest BCUT2D eigenvalue weighted by Crippen LogP contribution is 2.32. The minimum Gasteiger partial charge on any atom is -0.430 e. The fourth-order valence-corrected chi connectivity index (χ4v) is 5.18.